The number of nitrogens with zero attached hydrogens (tertiary/aromatic N) is 3. The van der Waals surface area contributed by atoms with Gasteiger partial charge in [0.05, 0.1) is 22.3 Å². The van der Waals surface area contributed by atoms with Gasteiger partial charge in [0.15, 0.2) is 0 Å². The molecule has 1 N–H and O–H groups in total. The summed E-state index contributed by atoms with van der Waals surface area (Å²) in [6, 6.07) is 61.8. The van der Waals surface area contributed by atoms with E-state index in [-0.39, 0.29) is 48.5 Å². The van der Waals surface area contributed by atoms with Gasteiger partial charge in [0.25, 0.3) is 0 Å². The molecule has 0 spiro atoms. The number of hydrogen-bond acceptors (Lipinski definition) is 3. The average molecular weight is 1070 g/mol. The molecule has 0 unspecified atom stereocenters. The number of pyridine rings is 1. The van der Waals surface area contributed by atoms with Crippen molar-refractivity contribution in [2.45, 2.75) is 92.4 Å². The van der Waals surface area contributed by atoms with Crippen LogP contribution in [0.2, 0.25) is 0 Å². The molecular formula is C63H62N3OPt-. The topological polar surface area (TPSA) is 50.9 Å². The minimum atomic E-state index is -0.341. The molecule has 68 heavy (non-hydrogen) atoms. The van der Waals surface area contributed by atoms with E-state index in [0.717, 1.165) is 83.6 Å². The third-order valence-electron chi connectivity index (χ3n) is 14.0. The Morgan fingerprint density at radius 1 is 0.485 bits per heavy atom. The zero-order valence-corrected chi connectivity index (χ0v) is 43.5. The van der Waals surface area contributed by atoms with Gasteiger partial charge in [0.1, 0.15) is 11.6 Å². The van der Waals surface area contributed by atoms with Crippen molar-refractivity contribution in [1.82, 2.24) is 14.5 Å². The molecule has 0 radical (unpaired) electrons. The van der Waals surface area contributed by atoms with Gasteiger partial charge in [-0.1, -0.05) is 214 Å². The molecule has 0 aliphatic heterocycles. The molecule has 0 fully saturated rings. The Hall–Kier alpha value is -6.35. The first-order chi connectivity index (χ1) is 31.8. The summed E-state index contributed by atoms with van der Waals surface area (Å²) >= 11 is 0. The minimum Gasteiger partial charge on any atom is -0.507 e. The van der Waals surface area contributed by atoms with Crippen LogP contribution < -0.4 is 0 Å². The van der Waals surface area contributed by atoms with Gasteiger partial charge >= 0.3 is 0 Å². The molecule has 0 saturated heterocycles. The molecule has 0 aliphatic rings. The van der Waals surface area contributed by atoms with E-state index in [9.17, 15) is 5.11 Å². The summed E-state index contributed by atoms with van der Waals surface area (Å²) in [6.45, 7) is 24.8. The van der Waals surface area contributed by atoms with Crippen molar-refractivity contribution in [3.63, 3.8) is 0 Å². The van der Waals surface area contributed by atoms with Crippen molar-refractivity contribution in [3.05, 3.63) is 193 Å². The summed E-state index contributed by atoms with van der Waals surface area (Å²) in [5.41, 5.74) is 16.1. The SMILES string of the molecule is CC(C)(C)c1cc(-c2nc3c(-c4[c-]c(-c5cc(-c6ccccc6)ccn5)cc(-c5ccccc5)c4)cccc3n2-c2ccc(C(C)(C)C(C)(C)C)cc2-c2ccccc2)c(O)c(C(C)(C)C)c1.[Pt]. The Morgan fingerprint density at radius 2 is 1.07 bits per heavy atom. The Balaban J connectivity index is 0.00000625. The Morgan fingerprint density at radius 3 is 1.68 bits per heavy atom. The first-order valence-electron chi connectivity index (χ1n) is 23.5. The predicted octanol–water partition coefficient (Wildman–Crippen LogP) is 16.8. The van der Waals surface area contributed by atoms with Crippen LogP contribution in [-0.4, -0.2) is 19.6 Å². The van der Waals surface area contributed by atoms with Crippen LogP contribution in [0.25, 0.3) is 83.9 Å². The molecule has 9 rings (SSSR count). The minimum absolute atomic E-state index is 0. The number of fused-ring (bicyclic) bond motifs is 1. The van der Waals surface area contributed by atoms with Gasteiger partial charge in [-0.15, -0.1) is 23.8 Å². The quantitative estimate of drug-likeness (QED) is 0.154. The van der Waals surface area contributed by atoms with Gasteiger partial charge in [-0.2, -0.15) is 0 Å². The van der Waals surface area contributed by atoms with Gasteiger partial charge in [-0.05, 0) is 85.4 Å². The van der Waals surface area contributed by atoms with Crippen LogP contribution in [0.5, 0.6) is 5.75 Å². The first kappa shape index (κ1) is 48.1. The molecular weight excluding hydrogens is 1010 g/mol. The van der Waals surface area contributed by atoms with Crippen molar-refractivity contribution in [1.29, 1.82) is 0 Å². The molecule has 5 heteroatoms. The van der Waals surface area contributed by atoms with Crippen molar-refractivity contribution in [2.24, 2.45) is 5.41 Å². The van der Waals surface area contributed by atoms with Crippen molar-refractivity contribution in [2.75, 3.05) is 0 Å². The van der Waals surface area contributed by atoms with Crippen LogP contribution in [-0.2, 0) is 37.3 Å². The molecule has 2 aromatic heterocycles. The van der Waals surface area contributed by atoms with Crippen molar-refractivity contribution >= 4 is 11.0 Å². The molecule has 0 aliphatic carbocycles. The monoisotopic (exact) mass is 1070 g/mol. The summed E-state index contributed by atoms with van der Waals surface area (Å²) in [6.07, 6.45) is 1.89. The number of aromatic nitrogens is 3. The van der Waals surface area contributed by atoms with E-state index in [1.807, 2.05) is 12.3 Å². The average Bonchev–Trinajstić information content (AvgIpc) is 3.70. The number of rotatable bonds is 8. The fraction of sp³-hybridized carbons (Fsp3) is 0.238. The van der Waals surface area contributed by atoms with Crippen LogP contribution in [0.1, 0.15) is 92.9 Å². The van der Waals surface area contributed by atoms with E-state index >= 15 is 0 Å². The number of imidazole rings is 1. The van der Waals surface area contributed by atoms with Gasteiger partial charge < -0.3 is 5.11 Å². The molecule has 0 saturated carbocycles. The summed E-state index contributed by atoms with van der Waals surface area (Å²) in [4.78, 5) is 10.6. The van der Waals surface area contributed by atoms with E-state index in [2.05, 4.69) is 245 Å². The number of phenols is 1. The summed E-state index contributed by atoms with van der Waals surface area (Å²) in [7, 11) is 0. The molecule has 9 aromatic rings. The maximum Gasteiger partial charge on any atom is 0.148 e. The Bertz CT molecular complexity index is 3260. The van der Waals surface area contributed by atoms with Crippen molar-refractivity contribution < 1.29 is 26.2 Å². The number of phenolic OH excluding ortho intramolecular Hbond substituents is 1. The fourth-order valence-corrected chi connectivity index (χ4v) is 8.99. The largest absolute Gasteiger partial charge is 0.507 e. The zero-order valence-electron chi connectivity index (χ0n) is 41.3. The molecule has 0 bridgehead atoms. The van der Waals surface area contributed by atoms with E-state index in [0.29, 0.717) is 11.4 Å². The van der Waals surface area contributed by atoms with Gasteiger partial charge in [-0.25, -0.2) is 4.98 Å². The summed E-state index contributed by atoms with van der Waals surface area (Å²) in [5, 5.41) is 12.6. The van der Waals surface area contributed by atoms with Gasteiger partial charge in [-0.3, -0.25) is 9.55 Å². The number of benzene rings is 7. The van der Waals surface area contributed by atoms with Crippen molar-refractivity contribution in [3.8, 4) is 78.6 Å². The van der Waals surface area contributed by atoms with E-state index in [1.165, 1.54) is 5.56 Å². The molecule has 346 valence electrons. The van der Waals surface area contributed by atoms with Crippen LogP contribution in [0.3, 0.4) is 0 Å². The maximum atomic E-state index is 12.6. The van der Waals surface area contributed by atoms with E-state index < -0.39 is 0 Å². The van der Waals surface area contributed by atoms with E-state index in [1.54, 1.807) is 0 Å². The van der Waals surface area contributed by atoms with Gasteiger partial charge in [0.2, 0.25) is 0 Å². The second kappa shape index (κ2) is 18.3. The smallest absolute Gasteiger partial charge is 0.148 e. The second-order valence-corrected chi connectivity index (χ2v) is 21.7. The normalized spacial score (nSPS) is 12.3. The second-order valence-electron chi connectivity index (χ2n) is 21.7. The third kappa shape index (κ3) is 9.16. The Kier molecular flexibility index (Phi) is 12.9. The fourth-order valence-electron chi connectivity index (χ4n) is 8.99. The molecule has 4 nitrogen and oxygen atoms in total. The van der Waals surface area contributed by atoms with Crippen LogP contribution in [0.15, 0.2) is 170 Å². The first-order valence-corrected chi connectivity index (χ1v) is 23.5. The van der Waals surface area contributed by atoms with Gasteiger partial charge in [0, 0.05) is 44.1 Å². The molecule has 0 amide bonds. The number of aromatic hydroxyl groups is 1. The maximum absolute atomic E-state index is 12.6. The van der Waals surface area contributed by atoms with Crippen LogP contribution in [0, 0.1) is 11.5 Å². The van der Waals surface area contributed by atoms with Crippen LogP contribution >= 0.6 is 0 Å². The Labute approximate surface area is 418 Å². The third-order valence-corrected chi connectivity index (χ3v) is 14.0. The number of para-hydroxylation sites is 1. The molecule has 7 aromatic carbocycles. The standard InChI is InChI=1S/C63H62N3O.Pt/c1-60(2,3)49-39-52(58(67)53(40-49)61(4,5)6)59-65-57-50(28-21-29-56(57)66(59)55-31-30-48(63(10,11)62(7,8)9)38-51(55)43-26-19-14-20-27-43)46-34-45(42-24-17-13-18-25-42)35-47(36-46)54-37-44(32-33-64-54)41-22-15-12-16-23-41;/h12-35,37-40,67H,1-11H3;/q-1;. The number of hydrogen-bond donors (Lipinski definition) is 1. The van der Waals surface area contributed by atoms with Crippen LogP contribution in [0.4, 0.5) is 0 Å². The zero-order chi connectivity index (χ0) is 47.5. The van der Waals surface area contributed by atoms with E-state index in [4.69, 9.17) is 9.97 Å². The molecule has 2 heterocycles. The predicted molar refractivity (Wildman–Crippen MR) is 282 cm³/mol. The summed E-state index contributed by atoms with van der Waals surface area (Å²) in [5.74, 6) is 0.919. The molecule has 0 atom stereocenters. The summed E-state index contributed by atoms with van der Waals surface area (Å²) < 4.78 is 2.29.